The summed E-state index contributed by atoms with van der Waals surface area (Å²) in [5.74, 6) is 0.829. The molecule has 3 rings (SSSR count). The fourth-order valence-corrected chi connectivity index (χ4v) is 2.24. The van der Waals surface area contributed by atoms with Gasteiger partial charge in [-0.15, -0.1) is 5.10 Å². The van der Waals surface area contributed by atoms with Crippen LogP contribution in [0.3, 0.4) is 0 Å². The molecule has 0 aliphatic rings. The number of aryl methyl sites for hydroxylation is 1. The van der Waals surface area contributed by atoms with Crippen LogP contribution in [-0.4, -0.2) is 39.8 Å². The fourth-order valence-electron chi connectivity index (χ4n) is 2.24. The van der Waals surface area contributed by atoms with Gasteiger partial charge in [-0.2, -0.15) is 0 Å². The van der Waals surface area contributed by atoms with Crippen LogP contribution in [0.1, 0.15) is 5.56 Å². The number of rotatable bonds is 6. The van der Waals surface area contributed by atoms with E-state index in [-0.39, 0.29) is 12.5 Å². The molecule has 8 nitrogen and oxygen atoms in total. The number of amides is 1. The first-order chi connectivity index (χ1) is 12.2. The zero-order chi connectivity index (χ0) is 17.6. The molecule has 0 fully saturated rings. The number of hydrogen-bond acceptors (Lipinski definition) is 6. The summed E-state index contributed by atoms with van der Waals surface area (Å²) < 4.78 is 12.3. The normalized spacial score (nSPS) is 10.3. The molecular formula is C17H17N5O3. The van der Waals surface area contributed by atoms with Crippen LogP contribution in [0.15, 0.2) is 48.8 Å². The Morgan fingerprint density at radius 3 is 2.84 bits per heavy atom. The second-order valence-electron chi connectivity index (χ2n) is 5.30. The lowest BCUT2D eigenvalue weighted by atomic mass is 10.2. The maximum Gasteiger partial charge on any atom is 0.262 e. The van der Waals surface area contributed by atoms with E-state index in [2.05, 4.69) is 20.8 Å². The molecule has 0 saturated heterocycles. The molecule has 2 aromatic carbocycles. The van der Waals surface area contributed by atoms with Gasteiger partial charge in [0, 0.05) is 5.69 Å². The Balaban J connectivity index is 1.63. The summed E-state index contributed by atoms with van der Waals surface area (Å²) >= 11 is 0. The molecular weight excluding hydrogens is 322 g/mol. The Morgan fingerprint density at radius 1 is 1.20 bits per heavy atom. The number of carbonyl (C=O) groups excluding carboxylic acids is 1. The summed E-state index contributed by atoms with van der Waals surface area (Å²) in [6.07, 6.45) is 1.48. The van der Waals surface area contributed by atoms with Crippen LogP contribution in [0.5, 0.6) is 11.5 Å². The molecule has 0 saturated carbocycles. The van der Waals surface area contributed by atoms with Crippen molar-refractivity contribution in [3.8, 4) is 17.2 Å². The lowest BCUT2D eigenvalue weighted by Crippen LogP contribution is -2.20. The molecule has 0 spiro atoms. The smallest absolute Gasteiger partial charge is 0.262 e. The number of aromatic nitrogens is 4. The van der Waals surface area contributed by atoms with Crippen LogP contribution >= 0.6 is 0 Å². The van der Waals surface area contributed by atoms with Gasteiger partial charge < -0.3 is 14.8 Å². The van der Waals surface area contributed by atoms with Crippen LogP contribution in [0.25, 0.3) is 5.69 Å². The summed E-state index contributed by atoms with van der Waals surface area (Å²) in [5.41, 5.74) is 2.41. The highest BCUT2D eigenvalue weighted by atomic mass is 16.5. The van der Waals surface area contributed by atoms with Crippen LogP contribution in [0, 0.1) is 6.92 Å². The second kappa shape index (κ2) is 7.43. The quantitative estimate of drug-likeness (QED) is 0.738. The molecule has 0 unspecified atom stereocenters. The molecule has 1 N–H and O–H groups in total. The summed E-state index contributed by atoms with van der Waals surface area (Å²) in [6.45, 7) is 1.82. The van der Waals surface area contributed by atoms with Crippen molar-refractivity contribution >= 4 is 11.6 Å². The first kappa shape index (κ1) is 16.4. The van der Waals surface area contributed by atoms with Gasteiger partial charge in [-0.3, -0.25) is 4.79 Å². The largest absolute Gasteiger partial charge is 0.493 e. The fraction of sp³-hybridized carbons (Fsp3) is 0.176. The minimum atomic E-state index is -0.281. The Hall–Kier alpha value is -3.42. The van der Waals surface area contributed by atoms with E-state index >= 15 is 0 Å². The maximum atomic E-state index is 12.1. The predicted octanol–water partition coefficient (Wildman–Crippen LogP) is 2.00. The van der Waals surface area contributed by atoms with Crippen molar-refractivity contribution in [2.45, 2.75) is 6.92 Å². The molecule has 128 valence electrons. The molecule has 1 aromatic heterocycles. The van der Waals surface area contributed by atoms with Crippen molar-refractivity contribution < 1.29 is 14.3 Å². The molecule has 0 aliphatic heterocycles. The number of tetrazole rings is 1. The molecule has 0 radical (unpaired) electrons. The Kier molecular flexibility index (Phi) is 4.89. The number of nitrogens with zero attached hydrogens (tertiary/aromatic N) is 4. The highest BCUT2D eigenvalue weighted by molar-refractivity contribution is 5.92. The summed E-state index contributed by atoms with van der Waals surface area (Å²) in [7, 11) is 1.56. The van der Waals surface area contributed by atoms with E-state index in [4.69, 9.17) is 9.47 Å². The minimum absolute atomic E-state index is 0.130. The van der Waals surface area contributed by atoms with E-state index in [1.807, 2.05) is 25.1 Å². The van der Waals surface area contributed by atoms with Gasteiger partial charge in [0.1, 0.15) is 6.33 Å². The molecule has 8 heteroatoms. The van der Waals surface area contributed by atoms with Gasteiger partial charge in [0.2, 0.25) is 0 Å². The number of benzene rings is 2. The van der Waals surface area contributed by atoms with Gasteiger partial charge in [0.25, 0.3) is 5.91 Å². The number of anilines is 1. The van der Waals surface area contributed by atoms with Gasteiger partial charge in [-0.1, -0.05) is 12.1 Å². The average Bonchev–Trinajstić information content (AvgIpc) is 3.15. The lowest BCUT2D eigenvalue weighted by molar-refractivity contribution is -0.118. The number of hydrogen-bond donors (Lipinski definition) is 1. The zero-order valence-electron chi connectivity index (χ0n) is 13.8. The molecule has 1 amide bonds. The standard InChI is InChI=1S/C17H17N5O3/c1-12-6-7-15(16(8-12)24-2)25-10-17(23)19-13-4-3-5-14(9-13)22-11-18-20-21-22/h3-9,11H,10H2,1-2H3,(H,19,23). The van der Waals surface area contributed by atoms with Crippen LogP contribution in [0.4, 0.5) is 5.69 Å². The van der Waals surface area contributed by atoms with Gasteiger partial charge in [0.15, 0.2) is 18.1 Å². The highest BCUT2D eigenvalue weighted by Gasteiger charge is 2.09. The predicted molar refractivity (Wildman–Crippen MR) is 91.0 cm³/mol. The van der Waals surface area contributed by atoms with Gasteiger partial charge in [-0.05, 0) is 53.2 Å². The van der Waals surface area contributed by atoms with Gasteiger partial charge in [-0.25, -0.2) is 4.68 Å². The first-order valence-electron chi connectivity index (χ1n) is 7.56. The van der Waals surface area contributed by atoms with Crippen molar-refractivity contribution in [3.63, 3.8) is 0 Å². The molecule has 1 heterocycles. The van der Waals surface area contributed by atoms with E-state index in [0.717, 1.165) is 11.3 Å². The van der Waals surface area contributed by atoms with Gasteiger partial charge in [0.05, 0.1) is 12.8 Å². The number of methoxy groups -OCH3 is 1. The molecule has 0 bridgehead atoms. The van der Waals surface area contributed by atoms with Gasteiger partial charge >= 0.3 is 0 Å². The zero-order valence-corrected chi connectivity index (χ0v) is 13.8. The van der Waals surface area contributed by atoms with E-state index < -0.39 is 0 Å². The Labute approximate surface area is 144 Å². The maximum absolute atomic E-state index is 12.1. The van der Waals surface area contributed by atoms with Crippen molar-refractivity contribution in [2.24, 2.45) is 0 Å². The molecule has 25 heavy (non-hydrogen) atoms. The number of ether oxygens (including phenoxy) is 2. The Bertz CT molecular complexity index is 864. The van der Waals surface area contributed by atoms with Crippen molar-refractivity contribution in [1.82, 2.24) is 20.2 Å². The topological polar surface area (TPSA) is 91.2 Å². The first-order valence-corrected chi connectivity index (χ1v) is 7.56. The van der Waals surface area contributed by atoms with E-state index in [9.17, 15) is 4.79 Å². The van der Waals surface area contributed by atoms with Crippen LogP contribution in [0.2, 0.25) is 0 Å². The summed E-state index contributed by atoms with van der Waals surface area (Å²) in [5, 5.41) is 13.8. The monoisotopic (exact) mass is 339 g/mol. The molecule has 3 aromatic rings. The SMILES string of the molecule is COc1cc(C)ccc1OCC(=O)Nc1cccc(-n2cnnn2)c1. The van der Waals surface area contributed by atoms with Crippen molar-refractivity contribution in [2.75, 3.05) is 19.0 Å². The van der Waals surface area contributed by atoms with Crippen molar-refractivity contribution in [3.05, 3.63) is 54.4 Å². The third kappa shape index (κ3) is 4.11. The third-order valence-electron chi connectivity index (χ3n) is 3.42. The summed E-state index contributed by atoms with van der Waals surface area (Å²) in [6, 6.07) is 12.7. The molecule has 0 atom stereocenters. The minimum Gasteiger partial charge on any atom is -0.493 e. The van der Waals surface area contributed by atoms with E-state index in [1.54, 1.807) is 31.4 Å². The van der Waals surface area contributed by atoms with Crippen LogP contribution < -0.4 is 14.8 Å². The summed E-state index contributed by atoms with van der Waals surface area (Å²) in [4.78, 5) is 12.1. The molecule has 0 aliphatic carbocycles. The van der Waals surface area contributed by atoms with E-state index in [1.165, 1.54) is 11.0 Å². The average molecular weight is 339 g/mol. The third-order valence-corrected chi connectivity index (χ3v) is 3.42. The number of carbonyl (C=O) groups is 1. The highest BCUT2D eigenvalue weighted by Crippen LogP contribution is 2.27. The second-order valence-corrected chi connectivity index (χ2v) is 5.30. The van der Waals surface area contributed by atoms with Crippen molar-refractivity contribution in [1.29, 1.82) is 0 Å². The van der Waals surface area contributed by atoms with E-state index in [0.29, 0.717) is 17.2 Å². The number of nitrogens with one attached hydrogen (secondary N) is 1. The lowest BCUT2D eigenvalue weighted by Gasteiger charge is -2.11. The Morgan fingerprint density at radius 2 is 2.08 bits per heavy atom. The van der Waals surface area contributed by atoms with Crippen LogP contribution in [-0.2, 0) is 4.79 Å².